The molecule has 3 rings (SSSR count). The number of ketones is 1. The predicted molar refractivity (Wildman–Crippen MR) is 120 cm³/mol. The lowest BCUT2D eigenvalue weighted by molar-refractivity contribution is 0.0979. The molecule has 0 aliphatic heterocycles. The van der Waals surface area contributed by atoms with Gasteiger partial charge in [0.05, 0.1) is 4.88 Å². The Bertz CT molecular complexity index is 929. The Balaban J connectivity index is 1.71. The largest absolute Gasteiger partial charge is 0.304 e. The highest BCUT2D eigenvalue weighted by Gasteiger charge is 2.18. The van der Waals surface area contributed by atoms with Gasteiger partial charge in [0.15, 0.2) is 5.78 Å². The number of aryl methyl sites for hydroxylation is 1. The molecular weight excluding hydrogens is 390 g/mol. The highest BCUT2D eigenvalue weighted by molar-refractivity contribution is 7.20. The molecule has 0 unspecified atom stereocenters. The Morgan fingerprint density at radius 1 is 1.18 bits per heavy atom. The van der Waals surface area contributed by atoms with Gasteiger partial charge in [0.2, 0.25) is 0 Å². The molecule has 0 fully saturated rings. The number of unbranched alkanes of at least 4 members (excludes halogenated alkanes) is 1. The van der Waals surface area contributed by atoms with Crippen molar-refractivity contribution in [3.8, 4) is 11.3 Å². The average molecular weight is 418 g/mol. The van der Waals surface area contributed by atoms with E-state index in [1.807, 2.05) is 42.1 Å². The number of rotatable bonds is 10. The summed E-state index contributed by atoms with van der Waals surface area (Å²) >= 11 is 7.55. The van der Waals surface area contributed by atoms with Crippen LogP contribution < -0.4 is 0 Å². The second-order valence-electron chi connectivity index (χ2n) is 7.12. The van der Waals surface area contributed by atoms with E-state index >= 15 is 0 Å². The van der Waals surface area contributed by atoms with Crippen molar-refractivity contribution in [3.05, 3.63) is 40.2 Å². The molecule has 2 aromatic heterocycles. The van der Waals surface area contributed by atoms with Crippen molar-refractivity contribution in [3.63, 3.8) is 0 Å². The van der Waals surface area contributed by atoms with E-state index in [1.54, 1.807) is 11.3 Å². The van der Waals surface area contributed by atoms with Crippen LogP contribution >= 0.6 is 22.9 Å². The van der Waals surface area contributed by atoms with Crippen LogP contribution in [0.1, 0.15) is 49.2 Å². The minimum atomic E-state index is 0.231. The molecule has 2 heterocycles. The van der Waals surface area contributed by atoms with Gasteiger partial charge in [-0.05, 0) is 50.7 Å². The molecule has 0 aliphatic rings. The number of benzene rings is 1. The van der Waals surface area contributed by atoms with Gasteiger partial charge >= 0.3 is 0 Å². The SMILES string of the molecule is CCCCN(CC)CCCC(=O)c1cc2c(-c3ccc(Cl)cc3)nn(C)c2s1. The third kappa shape index (κ3) is 4.83. The Morgan fingerprint density at radius 2 is 1.89 bits per heavy atom. The number of carbonyl (C=O) groups is 1. The van der Waals surface area contributed by atoms with Crippen LogP contribution in [0.2, 0.25) is 5.02 Å². The number of hydrogen-bond acceptors (Lipinski definition) is 4. The summed E-state index contributed by atoms with van der Waals surface area (Å²) in [6, 6.07) is 9.69. The van der Waals surface area contributed by atoms with E-state index in [4.69, 9.17) is 11.6 Å². The lowest BCUT2D eigenvalue weighted by atomic mass is 10.1. The van der Waals surface area contributed by atoms with Gasteiger partial charge < -0.3 is 4.90 Å². The highest BCUT2D eigenvalue weighted by Crippen LogP contribution is 2.34. The van der Waals surface area contributed by atoms with E-state index in [-0.39, 0.29) is 5.78 Å². The average Bonchev–Trinajstić information content (AvgIpc) is 3.26. The molecule has 1 aromatic carbocycles. The summed E-state index contributed by atoms with van der Waals surface area (Å²) in [5.41, 5.74) is 1.92. The molecule has 0 aliphatic carbocycles. The minimum absolute atomic E-state index is 0.231. The van der Waals surface area contributed by atoms with Gasteiger partial charge in [-0.15, -0.1) is 11.3 Å². The van der Waals surface area contributed by atoms with Gasteiger partial charge in [0.1, 0.15) is 10.5 Å². The van der Waals surface area contributed by atoms with E-state index in [0.29, 0.717) is 11.4 Å². The summed E-state index contributed by atoms with van der Waals surface area (Å²) < 4.78 is 1.87. The zero-order valence-corrected chi connectivity index (χ0v) is 18.4. The number of carbonyl (C=O) groups excluding carboxylic acids is 1. The normalized spacial score (nSPS) is 11.6. The second-order valence-corrected chi connectivity index (χ2v) is 8.59. The number of nitrogens with zero attached hydrogens (tertiary/aromatic N) is 3. The molecule has 150 valence electrons. The van der Waals surface area contributed by atoms with Crippen LogP contribution in [0, 0.1) is 0 Å². The first kappa shape index (κ1) is 21.0. The summed E-state index contributed by atoms with van der Waals surface area (Å²) in [4.78, 5) is 17.0. The van der Waals surface area contributed by atoms with Crippen LogP contribution in [0.3, 0.4) is 0 Å². The van der Waals surface area contributed by atoms with Gasteiger partial charge in [-0.25, -0.2) is 0 Å². The number of hydrogen-bond donors (Lipinski definition) is 0. The van der Waals surface area contributed by atoms with E-state index < -0.39 is 0 Å². The zero-order valence-electron chi connectivity index (χ0n) is 16.9. The maximum absolute atomic E-state index is 12.7. The Labute approximate surface area is 176 Å². The summed E-state index contributed by atoms with van der Waals surface area (Å²) in [5, 5.41) is 6.39. The molecule has 0 amide bonds. The molecule has 0 atom stereocenters. The highest BCUT2D eigenvalue weighted by atomic mass is 35.5. The van der Waals surface area contributed by atoms with E-state index in [0.717, 1.165) is 52.4 Å². The first-order valence-corrected chi connectivity index (χ1v) is 11.2. The summed E-state index contributed by atoms with van der Waals surface area (Å²) in [5.74, 6) is 0.231. The molecule has 3 aromatic rings. The molecule has 0 N–H and O–H groups in total. The fourth-order valence-electron chi connectivity index (χ4n) is 3.40. The molecule has 4 nitrogen and oxygen atoms in total. The maximum Gasteiger partial charge on any atom is 0.172 e. The van der Waals surface area contributed by atoms with Crippen LogP contribution in [-0.2, 0) is 7.05 Å². The van der Waals surface area contributed by atoms with Gasteiger partial charge in [0, 0.05) is 29.4 Å². The molecular formula is C22H28ClN3OS. The first-order valence-electron chi connectivity index (χ1n) is 10.0. The molecule has 0 bridgehead atoms. The quantitative estimate of drug-likeness (QED) is 0.377. The van der Waals surface area contributed by atoms with Crippen molar-refractivity contribution >= 4 is 38.9 Å². The second kappa shape index (κ2) is 9.68. The predicted octanol–water partition coefficient (Wildman–Crippen LogP) is 6.04. The smallest absolute Gasteiger partial charge is 0.172 e. The Kier molecular flexibility index (Phi) is 7.27. The molecule has 0 saturated carbocycles. The fraction of sp³-hybridized carbons (Fsp3) is 0.455. The van der Waals surface area contributed by atoms with Crippen LogP contribution in [0.25, 0.3) is 21.5 Å². The Morgan fingerprint density at radius 3 is 2.57 bits per heavy atom. The van der Waals surface area contributed by atoms with Gasteiger partial charge in [-0.2, -0.15) is 5.10 Å². The summed E-state index contributed by atoms with van der Waals surface area (Å²) in [6.07, 6.45) is 3.94. The molecule has 28 heavy (non-hydrogen) atoms. The third-order valence-electron chi connectivity index (χ3n) is 5.06. The van der Waals surface area contributed by atoms with Crippen LogP contribution in [0.4, 0.5) is 0 Å². The summed E-state index contributed by atoms with van der Waals surface area (Å²) in [7, 11) is 1.93. The number of thiophene rings is 1. The zero-order chi connectivity index (χ0) is 20.1. The standard InChI is InChI=1S/C22H28ClN3OS/c1-4-6-13-26(5-2)14-7-8-19(27)20-15-18-21(24-25(3)22(18)28-20)16-9-11-17(23)12-10-16/h9-12,15H,4-8,13-14H2,1-3H3. The van der Waals surface area contributed by atoms with E-state index in [2.05, 4.69) is 23.8 Å². The van der Waals surface area contributed by atoms with Gasteiger partial charge in [0.25, 0.3) is 0 Å². The van der Waals surface area contributed by atoms with Crippen molar-refractivity contribution in [2.45, 2.75) is 39.5 Å². The number of halogens is 1. The molecule has 6 heteroatoms. The van der Waals surface area contributed by atoms with E-state index in [1.165, 1.54) is 12.8 Å². The van der Waals surface area contributed by atoms with Crippen LogP contribution in [0.15, 0.2) is 30.3 Å². The lowest BCUT2D eigenvalue weighted by Crippen LogP contribution is -2.26. The topological polar surface area (TPSA) is 38.1 Å². The fourth-order valence-corrected chi connectivity index (χ4v) is 4.56. The van der Waals surface area contributed by atoms with Crippen molar-refractivity contribution in [1.82, 2.24) is 14.7 Å². The van der Waals surface area contributed by atoms with Crippen molar-refractivity contribution in [2.24, 2.45) is 7.05 Å². The van der Waals surface area contributed by atoms with Gasteiger partial charge in [-0.3, -0.25) is 9.48 Å². The minimum Gasteiger partial charge on any atom is -0.304 e. The summed E-state index contributed by atoms with van der Waals surface area (Å²) in [6.45, 7) is 7.57. The first-order chi connectivity index (χ1) is 13.5. The molecule has 0 spiro atoms. The van der Waals surface area contributed by atoms with E-state index in [9.17, 15) is 4.79 Å². The lowest BCUT2D eigenvalue weighted by Gasteiger charge is -2.19. The number of fused-ring (bicyclic) bond motifs is 1. The molecule has 0 radical (unpaired) electrons. The number of aromatic nitrogens is 2. The monoisotopic (exact) mass is 417 g/mol. The van der Waals surface area contributed by atoms with Crippen LogP contribution in [-0.4, -0.2) is 40.1 Å². The van der Waals surface area contributed by atoms with Gasteiger partial charge in [-0.1, -0.05) is 44.0 Å². The van der Waals surface area contributed by atoms with Crippen molar-refractivity contribution in [2.75, 3.05) is 19.6 Å². The Hall–Kier alpha value is -1.69. The van der Waals surface area contributed by atoms with Crippen molar-refractivity contribution < 1.29 is 4.79 Å². The molecule has 0 saturated heterocycles. The van der Waals surface area contributed by atoms with Crippen LogP contribution in [0.5, 0.6) is 0 Å². The van der Waals surface area contributed by atoms with Crippen molar-refractivity contribution in [1.29, 1.82) is 0 Å². The third-order valence-corrected chi connectivity index (χ3v) is 6.55. The number of Topliss-reactive ketones (excluding diaryl/α,β-unsaturated/α-hetero) is 1. The maximum atomic E-state index is 12.7.